The van der Waals surface area contributed by atoms with Gasteiger partial charge in [0.25, 0.3) is 0 Å². The first-order chi connectivity index (χ1) is 10.8. The molecule has 0 saturated carbocycles. The van der Waals surface area contributed by atoms with Gasteiger partial charge >= 0.3 is 0 Å². The fraction of sp³-hybridized carbons (Fsp3) is 0.300. The summed E-state index contributed by atoms with van der Waals surface area (Å²) in [7, 11) is 0. The smallest absolute Gasteiger partial charge is 0.0237 e. The lowest BCUT2D eigenvalue weighted by atomic mass is 10.1. The third-order valence-corrected chi connectivity index (χ3v) is 4.20. The predicted octanol–water partition coefficient (Wildman–Crippen LogP) is 3.59. The number of hydrogen-bond acceptors (Lipinski definition) is 2. The molecular weight excluding hydrogens is 268 g/mol. The molecular formula is C20H24N2. The highest BCUT2D eigenvalue weighted by atomic mass is 15.1. The molecule has 114 valence electrons. The van der Waals surface area contributed by atoms with Crippen LogP contribution in [0.25, 0.3) is 0 Å². The van der Waals surface area contributed by atoms with Gasteiger partial charge in [-0.15, -0.1) is 0 Å². The molecule has 1 aliphatic rings. The van der Waals surface area contributed by atoms with Crippen LogP contribution in [0.5, 0.6) is 0 Å². The van der Waals surface area contributed by atoms with Crippen LogP contribution < -0.4 is 5.73 Å². The minimum Gasteiger partial charge on any atom is -0.324 e. The second-order valence-corrected chi connectivity index (χ2v) is 6.19. The minimum absolute atomic E-state index is 0.236. The molecule has 1 aliphatic carbocycles. The van der Waals surface area contributed by atoms with E-state index >= 15 is 0 Å². The van der Waals surface area contributed by atoms with Gasteiger partial charge in [-0.25, -0.2) is 0 Å². The SMILES string of the molecule is NC1C=CC(CN(Cc2ccccc2)Cc2ccccc2)C1. The molecule has 2 unspecified atom stereocenters. The molecule has 2 nitrogen and oxygen atoms in total. The molecule has 0 radical (unpaired) electrons. The van der Waals surface area contributed by atoms with Gasteiger partial charge in [0, 0.05) is 25.7 Å². The summed E-state index contributed by atoms with van der Waals surface area (Å²) >= 11 is 0. The number of nitrogens with zero attached hydrogens (tertiary/aromatic N) is 1. The molecule has 0 fully saturated rings. The second-order valence-electron chi connectivity index (χ2n) is 6.19. The summed E-state index contributed by atoms with van der Waals surface area (Å²) < 4.78 is 0. The van der Waals surface area contributed by atoms with Crippen LogP contribution in [0.4, 0.5) is 0 Å². The Bertz CT molecular complexity index is 550. The molecule has 0 amide bonds. The summed E-state index contributed by atoms with van der Waals surface area (Å²) in [6.07, 6.45) is 5.50. The van der Waals surface area contributed by atoms with E-state index in [1.807, 2.05) is 0 Å². The van der Waals surface area contributed by atoms with Crippen molar-refractivity contribution in [1.29, 1.82) is 0 Å². The molecule has 2 aromatic carbocycles. The van der Waals surface area contributed by atoms with Crippen LogP contribution in [0.2, 0.25) is 0 Å². The van der Waals surface area contributed by atoms with Crippen molar-refractivity contribution < 1.29 is 0 Å². The first-order valence-electron chi connectivity index (χ1n) is 8.04. The molecule has 0 aliphatic heterocycles. The van der Waals surface area contributed by atoms with E-state index in [4.69, 9.17) is 5.73 Å². The lowest BCUT2D eigenvalue weighted by molar-refractivity contribution is 0.228. The highest BCUT2D eigenvalue weighted by Gasteiger charge is 2.19. The van der Waals surface area contributed by atoms with Crippen LogP contribution in [0, 0.1) is 5.92 Å². The van der Waals surface area contributed by atoms with Gasteiger partial charge in [0.2, 0.25) is 0 Å². The van der Waals surface area contributed by atoms with Gasteiger partial charge in [-0.1, -0.05) is 72.8 Å². The Hall–Kier alpha value is -1.90. The summed E-state index contributed by atoms with van der Waals surface area (Å²) in [6, 6.07) is 21.6. The Labute approximate surface area is 133 Å². The van der Waals surface area contributed by atoms with Gasteiger partial charge in [-0.3, -0.25) is 4.90 Å². The van der Waals surface area contributed by atoms with Crippen molar-refractivity contribution >= 4 is 0 Å². The van der Waals surface area contributed by atoms with Crippen LogP contribution in [0.3, 0.4) is 0 Å². The topological polar surface area (TPSA) is 29.3 Å². The van der Waals surface area contributed by atoms with E-state index in [0.29, 0.717) is 5.92 Å². The molecule has 2 N–H and O–H groups in total. The van der Waals surface area contributed by atoms with Crippen LogP contribution in [0.15, 0.2) is 72.8 Å². The maximum atomic E-state index is 6.00. The highest BCUT2D eigenvalue weighted by molar-refractivity contribution is 5.17. The van der Waals surface area contributed by atoms with Crippen molar-refractivity contribution in [2.75, 3.05) is 6.54 Å². The van der Waals surface area contributed by atoms with Crippen LogP contribution in [-0.2, 0) is 13.1 Å². The fourth-order valence-electron chi connectivity index (χ4n) is 3.14. The molecule has 2 aromatic rings. The van der Waals surface area contributed by atoms with E-state index in [2.05, 4.69) is 77.7 Å². The van der Waals surface area contributed by atoms with Gasteiger partial charge in [0.05, 0.1) is 0 Å². The Morgan fingerprint density at radius 1 is 0.818 bits per heavy atom. The molecule has 0 saturated heterocycles. The number of benzene rings is 2. The number of nitrogens with two attached hydrogens (primary N) is 1. The molecule has 0 bridgehead atoms. The summed E-state index contributed by atoms with van der Waals surface area (Å²) in [5.74, 6) is 0.572. The van der Waals surface area contributed by atoms with Crippen molar-refractivity contribution in [2.24, 2.45) is 11.7 Å². The number of rotatable bonds is 6. The van der Waals surface area contributed by atoms with E-state index in [1.54, 1.807) is 0 Å². The normalized spacial score (nSPS) is 20.6. The summed E-state index contributed by atoms with van der Waals surface area (Å²) in [5, 5.41) is 0. The van der Waals surface area contributed by atoms with Gasteiger partial charge < -0.3 is 5.73 Å². The lowest BCUT2D eigenvalue weighted by Gasteiger charge is -2.25. The second kappa shape index (κ2) is 7.39. The zero-order valence-corrected chi connectivity index (χ0v) is 12.9. The highest BCUT2D eigenvalue weighted by Crippen LogP contribution is 2.20. The quantitative estimate of drug-likeness (QED) is 0.824. The van der Waals surface area contributed by atoms with Gasteiger partial charge in [0.1, 0.15) is 0 Å². The summed E-state index contributed by atoms with van der Waals surface area (Å²) in [6.45, 7) is 3.03. The van der Waals surface area contributed by atoms with Crippen molar-refractivity contribution in [2.45, 2.75) is 25.6 Å². The molecule has 2 heteroatoms. The maximum Gasteiger partial charge on any atom is 0.0237 e. The first kappa shape index (κ1) is 15.0. The van der Waals surface area contributed by atoms with Crippen LogP contribution in [0.1, 0.15) is 17.5 Å². The van der Waals surface area contributed by atoms with E-state index in [0.717, 1.165) is 26.1 Å². The Morgan fingerprint density at radius 2 is 1.36 bits per heavy atom. The molecule has 22 heavy (non-hydrogen) atoms. The number of hydrogen-bond donors (Lipinski definition) is 1. The summed E-state index contributed by atoms with van der Waals surface area (Å²) in [4.78, 5) is 2.53. The lowest BCUT2D eigenvalue weighted by Crippen LogP contribution is -2.29. The van der Waals surface area contributed by atoms with Crippen LogP contribution in [-0.4, -0.2) is 17.5 Å². The van der Waals surface area contributed by atoms with Crippen LogP contribution >= 0.6 is 0 Å². The van der Waals surface area contributed by atoms with E-state index in [-0.39, 0.29) is 6.04 Å². The first-order valence-corrected chi connectivity index (χ1v) is 8.04. The Kier molecular flexibility index (Phi) is 5.04. The molecule has 0 heterocycles. The largest absolute Gasteiger partial charge is 0.324 e. The van der Waals surface area contributed by atoms with Crippen molar-refractivity contribution in [3.8, 4) is 0 Å². The third-order valence-electron chi connectivity index (χ3n) is 4.20. The third kappa shape index (κ3) is 4.30. The Balaban J connectivity index is 1.68. The molecule has 3 rings (SSSR count). The van der Waals surface area contributed by atoms with E-state index < -0.39 is 0 Å². The van der Waals surface area contributed by atoms with Gasteiger partial charge in [0.15, 0.2) is 0 Å². The predicted molar refractivity (Wildman–Crippen MR) is 92.2 cm³/mol. The zero-order chi connectivity index (χ0) is 15.2. The van der Waals surface area contributed by atoms with Crippen molar-refractivity contribution in [3.05, 3.63) is 83.9 Å². The standard InChI is InChI=1S/C20H24N2/c21-20-12-11-19(13-20)16-22(14-17-7-3-1-4-8-17)15-18-9-5-2-6-10-18/h1-12,19-20H,13-16,21H2. The zero-order valence-electron chi connectivity index (χ0n) is 12.9. The maximum absolute atomic E-state index is 6.00. The molecule has 0 aromatic heterocycles. The van der Waals surface area contributed by atoms with Crippen molar-refractivity contribution in [1.82, 2.24) is 4.90 Å². The average molecular weight is 292 g/mol. The van der Waals surface area contributed by atoms with Crippen molar-refractivity contribution in [3.63, 3.8) is 0 Å². The van der Waals surface area contributed by atoms with Gasteiger partial charge in [-0.2, -0.15) is 0 Å². The Morgan fingerprint density at radius 3 is 1.82 bits per heavy atom. The minimum atomic E-state index is 0.236. The average Bonchev–Trinajstić information content (AvgIpc) is 2.94. The molecule has 0 spiro atoms. The fourth-order valence-corrected chi connectivity index (χ4v) is 3.14. The summed E-state index contributed by atoms with van der Waals surface area (Å²) in [5.41, 5.74) is 8.73. The van der Waals surface area contributed by atoms with Gasteiger partial charge in [-0.05, 0) is 23.5 Å². The molecule has 2 atom stereocenters. The van der Waals surface area contributed by atoms with E-state index in [1.165, 1.54) is 11.1 Å². The monoisotopic (exact) mass is 292 g/mol. The van der Waals surface area contributed by atoms with E-state index in [9.17, 15) is 0 Å².